The number of ether oxygens (including phenoxy) is 2. The Morgan fingerprint density at radius 1 is 0.953 bits per heavy atom. The predicted molar refractivity (Wildman–Crippen MR) is 164 cm³/mol. The van der Waals surface area contributed by atoms with Crippen LogP contribution >= 0.6 is 0 Å². The number of phenols is 1. The second-order valence-electron chi connectivity index (χ2n) is 9.89. The van der Waals surface area contributed by atoms with E-state index in [-0.39, 0.29) is 18.3 Å². The first kappa shape index (κ1) is 35.2. The van der Waals surface area contributed by atoms with Crippen LogP contribution in [0.25, 0.3) is 0 Å². The van der Waals surface area contributed by atoms with Crippen LogP contribution in [-0.2, 0) is 29.2 Å². The molecule has 0 aromatic heterocycles. The van der Waals surface area contributed by atoms with Gasteiger partial charge in [0.15, 0.2) is 0 Å². The fourth-order valence-corrected chi connectivity index (χ4v) is 3.97. The first-order chi connectivity index (χ1) is 20.7. The molecule has 43 heavy (non-hydrogen) atoms. The van der Waals surface area contributed by atoms with Crippen molar-refractivity contribution in [2.24, 2.45) is 0 Å². The number of nitrogens with one attached hydrogen (secondary N) is 2. The minimum Gasteiger partial charge on any atom is -0.508 e. The van der Waals surface area contributed by atoms with E-state index in [9.17, 15) is 20.1 Å². The number of aliphatic hydroxyl groups is 2. The second-order valence-corrected chi connectivity index (χ2v) is 9.89. The average Bonchev–Trinajstić information content (AvgIpc) is 3.00. The van der Waals surface area contributed by atoms with Crippen LogP contribution in [0.5, 0.6) is 11.5 Å². The van der Waals surface area contributed by atoms with E-state index in [1.165, 1.54) is 6.07 Å². The van der Waals surface area contributed by atoms with Gasteiger partial charge in [-0.25, -0.2) is 0 Å². The lowest BCUT2D eigenvalue weighted by Gasteiger charge is -2.14. The standard InChI is InChI=1S/C31H40N2O6.C2H4O2/c1-2-3-14-33-31(37)26-6-4-5-24(18-26)22-38-16-17-39-28-10-7-23(8-11-28)13-15-32-20-30(36)25-9-12-29(35)27(19-25)21-34;1-2(3)4/h4-12,18-19,30,32,34-36H,2-3,13-17,20-22H2,1H3,(H,33,37);1H3,(H,3,4)/t30-;/m0./s1. The van der Waals surface area contributed by atoms with Crippen LogP contribution in [0.4, 0.5) is 0 Å². The summed E-state index contributed by atoms with van der Waals surface area (Å²) in [5.41, 5.74) is 3.78. The maximum Gasteiger partial charge on any atom is 0.300 e. The van der Waals surface area contributed by atoms with E-state index >= 15 is 0 Å². The van der Waals surface area contributed by atoms with E-state index < -0.39 is 12.1 Å². The number of hydrogen-bond donors (Lipinski definition) is 6. The molecule has 0 radical (unpaired) electrons. The van der Waals surface area contributed by atoms with Gasteiger partial charge in [-0.2, -0.15) is 0 Å². The third kappa shape index (κ3) is 14.2. The monoisotopic (exact) mass is 596 g/mol. The van der Waals surface area contributed by atoms with Gasteiger partial charge in [0.25, 0.3) is 11.9 Å². The molecule has 0 heterocycles. The second kappa shape index (κ2) is 20.0. The van der Waals surface area contributed by atoms with Crippen molar-refractivity contribution in [1.29, 1.82) is 0 Å². The zero-order valence-electron chi connectivity index (χ0n) is 24.9. The van der Waals surface area contributed by atoms with E-state index in [2.05, 4.69) is 17.6 Å². The predicted octanol–water partition coefficient (Wildman–Crippen LogP) is 3.97. The largest absolute Gasteiger partial charge is 0.508 e. The molecule has 3 aromatic carbocycles. The van der Waals surface area contributed by atoms with Gasteiger partial charge in [-0.15, -0.1) is 0 Å². The van der Waals surface area contributed by atoms with Crippen molar-refractivity contribution in [1.82, 2.24) is 10.6 Å². The fourth-order valence-electron chi connectivity index (χ4n) is 3.97. The Morgan fingerprint density at radius 3 is 2.40 bits per heavy atom. The zero-order chi connectivity index (χ0) is 31.5. The van der Waals surface area contributed by atoms with Gasteiger partial charge in [0.2, 0.25) is 0 Å². The Morgan fingerprint density at radius 2 is 1.70 bits per heavy atom. The summed E-state index contributed by atoms with van der Waals surface area (Å²) in [5, 5.41) is 42.9. The third-order valence-electron chi connectivity index (χ3n) is 6.28. The van der Waals surface area contributed by atoms with Crippen molar-refractivity contribution in [3.63, 3.8) is 0 Å². The number of unbranched alkanes of at least 4 members (excludes halogenated alkanes) is 1. The van der Waals surface area contributed by atoms with Crippen LogP contribution < -0.4 is 15.4 Å². The number of aliphatic carboxylic acids is 1. The number of carbonyl (C=O) groups excluding carboxylic acids is 1. The molecule has 6 N–H and O–H groups in total. The van der Waals surface area contributed by atoms with E-state index in [1.807, 2.05) is 48.5 Å². The summed E-state index contributed by atoms with van der Waals surface area (Å²) >= 11 is 0. The summed E-state index contributed by atoms with van der Waals surface area (Å²) in [6, 6.07) is 20.1. The molecule has 1 amide bonds. The molecule has 234 valence electrons. The zero-order valence-corrected chi connectivity index (χ0v) is 24.9. The number of benzene rings is 3. The highest BCUT2D eigenvalue weighted by atomic mass is 16.5. The summed E-state index contributed by atoms with van der Waals surface area (Å²) in [7, 11) is 0. The van der Waals surface area contributed by atoms with Gasteiger partial charge in [0.05, 0.1) is 25.9 Å². The minimum atomic E-state index is -0.833. The molecule has 0 unspecified atom stereocenters. The van der Waals surface area contributed by atoms with Crippen molar-refractivity contribution in [3.05, 3.63) is 94.5 Å². The van der Waals surface area contributed by atoms with E-state index in [0.717, 1.165) is 43.1 Å². The van der Waals surface area contributed by atoms with E-state index in [0.29, 0.717) is 56.1 Å². The molecule has 0 fully saturated rings. The maximum absolute atomic E-state index is 12.2. The normalized spacial score (nSPS) is 11.3. The summed E-state index contributed by atoms with van der Waals surface area (Å²) < 4.78 is 11.5. The third-order valence-corrected chi connectivity index (χ3v) is 6.28. The SMILES string of the molecule is CC(=O)O.CCCCNC(=O)c1cccc(COCCOc2ccc(CCNC[C@H](O)c3ccc(O)c(CO)c3)cc2)c1. The van der Waals surface area contributed by atoms with Crippen molar-refractivity contribution < 1.29 is 39.5 Å². The van der Waals surface area contributed by atoms with Crippen molar-refractivity contribution in [2.75, 3.05) is 32.8 Å². The number of amides is 1. The lowest BCUT2D eigenvalue weighted by Crippen LogP contribution is -2.24. The molecule has 0 aliphatic rings. The van der Waals surface area contributed by atoms with Crippen LogP contribution in [0.15, 0.2) is 66.7 Å². The number of aromatic hydroxyl groups is 1. The average molecular weight is 597 g/mol. The molecule has 0 saturated heterocycles. The number of carbonyl (C=O) groups is 2. The summed E-state index contributed by atoms with van der Waals surface area (Å²) in [5.74, 6) is -0.104. The lowest BCUT2D eigenvalue weighted by molar-refractivity contribution is -0.134. The van der Waals surface area contributed by atoms with Gasteiger partial charge in [-0.3, -0.25) is 9.59 Å². The molecule has 3 rings (SSSR count). The maximum atomic E-state index is 12.2. The van der Waals surface area contributed by atoms with Crippen molar-refractivity contribution >= 4 is 11.9 Å². The van der Waals surface area contributed by atoms with Gasteiger partial charge in [-0.1, -0.05) is 43.7 Å². The molecular formula is C33H44N2O8. The summed E-state index contributed by atoms with van der Waals surface area (Å²) in [6.07, 6.45) is 2.08. The molecule has 1 atom stereocenters. The first-order valence-corrected chi connectivity index (χ1v) is 14.4. The summed E-state index contributed by atoms with van der Waals surface area (Å²) in [4.78, 5) is 21.2. The Balaban J connectivity index is 0.00000151. The molecule has 10 nitrogen and oxygen atoms in total. The number of hydrogen-bond acceptors (Lipinski definition) is 8. The lowest BCUT2D eigenvalue weighted by atomic mass is 10.1. The minimum absolute atomic E-state index is 0.0205. The van der Waals surface area contributed by atoms with Gasteiger partial charge >= 0.3 is 0 Å². The highest BCUT2D eigenvalue weighted by Crippen LogP contribution is 2.22. The molecule has 0 spiro atoms. The number of carboxylic acids is 1. The molecule has 10 heteroatoms. The summed E-state index contributed by atoms with van der Waals surface area (Å²) in [6.45, 7) is 5.91. The van der Waals surface area contributed by atoms with Crippen LogP contribution in [0.2, 0.25) is 0 Å². The van der Waals surface area contributed by atoms with E-state index in [1.54, 1.807) is 12.1 Å². The van der Waals surface area contributed by atoms with Gasteiger partial charge in [-0.05, 0) is 72.5 Å². The van der Waals surface area contributed by atoms with Gasteiger partial charge in [0.1, 0.15) is 18.1 Å². The Hall–Kier alpha value is -3.96. The van der Waals surface area contributed by atoms with Crippen LogP contribution in [-0.4, -0.2) is 65.2 Å². The first-order valence-electron chi connectivity index (χ1n) is 14.4. The quantitative estimate of drug-likeness (QED) is 0.127. The Bertz CT molecular complexity index is 1250. The Kier molecular flexibility index (Phi) is 16.4. The number of rotatable bonds is 17. The van der Waals surface area contributed by atoms with Gasteiger partial charge in [0, 0.05) is 31.1 Å². The van der Waals surface area contributed by atoms with Gasteiger partial charge < -0.3 is 40.5 Å². The highest BCUT2D eigenvalue weighted by Gasteiger charge is 2.10. The number of carboxylic acid groups (broad SMARTS) is 1. The topological polar surface area (TPSA) is 158 Å². The highest BCUT2D eigenvalue weighted by molar-refractivity contribution is 5.94. The Labute approximate surface area is 253 Å². The molecule has 0 saturated carbocycles. The smallest absolute Gasteiger partial charge is 0.300 e. The molecule has 0 bridgehead atoms. The fraction of sp³-hybridized carbons (Fsp3) is 0.394. The van der Waals surface area contributed by atoms with Crippen molar-refractivity contribution in [3.8, 4) is 11.5 Å². The van der Waals surface area contributed by atoms with Crippen LogP contribution in [0.3, 0.4) is 0 Å². The van der Waals surface area contributed by atoms with Crippen LogP contribution in [0, 0.1) is 0 Å². The van der Waals surface area contributed by atoms with Crippen molar-refractivity contribution in [2.45, 2.75) is 52.4 Å². The molecule has 0 aliphatic carbocycles. The molecule has 0 aliphatic heterocycles. The molecular weight excluding hydrogens is 552 g/mol. The van der Waals surface area contributed by atoms with Crippen LogP contribution in [0.1, 0.15) is 65.4 Å². The molecule has 3 aromatic rings. The van der Waals surface area contributed by atoms with E-state index in [4.69, 9.17) is 19.4 Å². The number of aliphatic hydroxyl groups excluding tert-OH is 2.